The third-order valence-corrected chi connectivity index (χ3v) is 2.72. The average Bonchev–Trinajstić information content (AvgIpc) is 2.50. The van der Waals surface area contributed by atoms with E-state index in [2.05, 4.69) is 20.2 Å². The second-order valence-electron chi connectivity index (χ2n) is 3.76. The van der Waals surface area contributed by atoms with Gasteiger partial charge in [0.05, 0.1) is 27.8 Å². The van der Waals surface area contributed by atoms with Gasteiger partial charge in [-0.1, -0.05) is 11.6 Å². The number of nitrogens with zero attached hydrogens (tertiary/aromatic N) is 4. The van der Waals surface area contributed by atoms with E-state index in [1.807, 2.05) is 0 Å². The summed E-state index contributed by atoms with van der Waals surface area (Å²) in [5.74, 6) is 0. The Morgan fingerprint density at radius 2 is 1.33 bits per heavy atom. The molecular formula is C14H7ClN4O2. The maximum Gasteiger partial charge on any atom is 0.240 e. The van der Waals surface area contributed by atoms with Gasteiger partial charge in [-0.2, -0.15) is 20.2 Å². The van der Waals surface area contributed by atoms with Crippen molar-refractivity contribution in [1.29, 1.82) is 0 Å². The summed E-state index contributed by atoms with van der Waals surface area (Å²) < 4.78 is 0. The number of hydrogen-bond acceptors (Lipinski definition) is 6. The lowest BCUT2D eigenvalue weighted by molar-refractivity contribution is 0.564. The van der Waals surface area contributed by atoms with Crippen LogP contribution in [0.25, 0.3) is 0 Å². The van der Waals surface area contributed by atoms with E-state index in [-0.39, 0.29) is 5.69 Å². The number of aliphatic imine (C=N–C) groups is 2. The molecule has 6 nitrogen and oxygen atoms in total. The molecule has 0 heterocycles. The molecule has 2 rings (SSSR count). The molecular weight excluding hydrogens is 292 g/mol. The van der Waals surface area contributed by atoms with E-state index in [4.69, 9.17) is 11.6 Å². The van der Waals surface area contributed by atoms with Crippen LogP contribution in [0.4, 0.5) is 22.7 Å². The van der Waals surface area contributed by atoms with Gasteiger partial charge in [0.2, 0.25) is 12.2 Å². The van der Waals surface area contributed by atoms with Crippen molar-refractivity contribution >= 4 is 46.5 Å². The molecule has 0 spiro atoms. The van der Waals surface area contributed by atoms with Gasteiger partial charge in [-0.05, 0) is 42.5 Å². The van der Waals surface area contributed by atoms with Gasteiger partial charge < -0.3 is 0 Å². The molecule has 0 aromatic heterocycles. The number of rotatable bonds is 4. The molecule has 0 N–H and O–H groups in total. The summed E-state index contributed by atoms with van der Waals surface area (Å²) in [6, 6.07) is 11.3. The van der Waals surface area contributed by atoms with Crippen LogP contribution in [0, 0.1) is 0 Å². The normalized spacial score (nSPS) is 9.95. The summed E-state index contributed by atoms with van der Waals surface area (Å²) in [6.07, 6.45) is 2.87. The Morgan fingerprint density at radius 3 is 2.00 bits per heavy atom. The topological polar surface area (TPSA) is 83.6 Å². The van der Waals surface area contributed by atoms with Crippen LogP contribution in [0.1, 0.15) is 0 Å². The van der Waals surface area contributed by atoms with E-state index in [9.17, 15) is 9.59 Å². The number of carbonyl (C=O) groups excluding carboxylic acids is 2. The zero-order valence-electron chi connectivity index (χ0n) is 10.5. The summed E-state index contributed by atoms with van der Waals surface area (Å²) in [7, 11) is 0. The molecule has 0 bridgehead atoms. The summed E-state index contributed by atoms with van der Waals surface area (Å²) in [6.45, 7) is 0. The Kier molecular flexibility index (Phi) is 4.85. The van der Waals surface area contributed by atoms with E-state index in [0.29, 0.717) is 22.1 Å². The lowest BCUT2D eigenvalue weighted by atomic mass is 10.3. The number of hydrogen-bond donors (Lipinski definition) is 0. The lowest BCUT2D eigenvalue weighted by Gasteiger charge is -1.97. The van der Waals surface area contributed by atoms with Crippen LogP contribution >= 0.6 is 11.6 Å². The first kappa shape index (κ1) is 14.5. The van der Waals surface area contributed by atoms with E-state index in [1.54, 1.807) is 36.4 Å². The van der Waals surface area contributed by atoms with E-state index < -0.39 is 0 Å². The van der Waals surface area contributed by atoms with E-state index in [1.165, 1.54) is 18.2 Å². The Labute approximate surface area is 124 Å². The molecule has 0 radical (unpaired) electrons. The standard InChI is InChI=1S/C14H7ClN4O2/c15-13-6-5-12(7-14(13)17-9-21)19-18-11-3-1-10(2-4-11)16-8-20/h1-7H/b19-18+. The minimum atomic E-state index is 0.277. The van der Waals surface area contributed by atoms with E-state index >= 15 is 0 Å². The van der Waals surface area contributed by atoms with Crippen LogP contribution in [0.3, 0.4) is 0 Å². The van der Waals surface area contributed by atoms with E-state index in [0.717, 1.165) is 0 Å². The van der Waals surface area contributed by atoms with Crippen LogP contribution in [0.2, 0.25) is 5.02 Å². The minimum absolute atomic E-state index is 0.277. The van der Waals surface area contributed by atoms with Gasteiger partial charge in [-0.25, -0.2) is 9.59 Å². The second kappa shape index (κ2) is 7.03. The summed E-state index contributed by atoms with van der Waals surface area (Å²) in [5.41, 5.74) is 1.83. The molecule has 0 saturated heterocycles. The molecule has 0 aliphatic heterocycles. The summed E-state index contributed by atoms with van der Waals surface area (Å²) >= 11 is 5.85. The summed E-state index contributed by atoms with van der Waals surface area (Å²) in [4.78, 5) is 27.3. The minimum Gasteiger partial charge on any atom is -0.211 e. The fraction of sp³-hybridized carbons (Fsp3) is 0. The maximum atomic E-state index is 10.3. The van der Waals surface area contributed by atoms with Gasteiger partial charge in [0.15, 0.2) is 0 Å². The van der Waals surface area contributed by atoms with Gasteiger partial charge in [0.1, 0.15) is 0 Å². The molecule has 0 unspecified atom stereocenters. The van der Waals surface area contributed by atoms with Crippen molar-refractivity contribution in [2.45, 2.75) is 0 Å². The van der Waals surface area contributed by atoms with Crippen LogP contribution in [-0.4, -0.2) is 12.2 Å². The zero-order valence-corrected chi connectivity index (χ0v) is 11.3. The molecule has 0 fully saturated rings. The van der Waals surface area contributed by atoms with Crippen LogP contribution in [0.5, 0.6) is 0 Å². The highest BCUT2D eigenvalue weighted by atomic mass is 35.5. The van der Waals surface area contributed by atoms with Crippen molar-refractivity contribution in [3.63, 3.8) is 0 Å². The quantitative estimate of drug-likeness (QED) is 0.466. The zero-order chi connectivity index (χ0) is 15.1. The van der Waals surface area contributed by atoms with Crippen molar-refractivity contribution in [1.82, 2.24) is 0 Å². The van der Waals surface area contributed by atoms with Gasteiger partial charge in [-0.15, -0.1) is 0 Å². The molecule has 2 aromatic carbocycles. The molecule has 0 aliphatic rings. The Balaban J connectivity index is 2.22. The third-order valence-electron chi connectivity index (χ3n) is 2.40. The fourth-order valence-electron chi connectivity index (χ4n) is 1.46. The first-order valence-corrected chi connectivity index (χ1v) is 6.08. The predicted molar refractivity (Wildman–Crippen MR) is 77.6 cm³/mol. The molecule has 7 heteroatoms. The van der Waals surface area contributed by atoms with Crippen molar-refractivity contribution in [2.24, 2.45) is 20.2 Å². The largest absolute Gasteiger partial charge is 0.240 e. The highest BCUT2D eigenvalue weighted by molar-refractivity contribution is 6.33. The highest BCUT2D eigenvalue weighted by Gasteiger charge is 2.00. The molecule has 21 heavy (non-hydrogen) atoms. The molecule has 0 saturated carbocycles. The van der Waals surface area contributed by atoms with Crippen molar-refractivity contribution < 1.29 is 9.59 Å². The van der Waals surface area contributed by atoms with Gasteiger partial charge in [-0.3, -0.25) is 0 Å². The SMILES string of the molecule is O=C=Nc1ccc(/N=N/c2ccc(Cl)c(N=C=O)c2)cc1. The second-order valence-corrected chi connectivity index (χ2v) is 4.17. The number of isocyanates is 2. The Morgan fingerprint density at radius 1 is 0.762 bits per heavy atom. The maximum absolute atomic E-state index is 10.3. The van der Waals surface area contributed by atoms with Crippen LogP contribution in [0.15, 0.2) is 62.7 Å². The monoisotopic (exact) mass is 298 g/mol. The predicted octanol–water partition coefficient (Wildman–Crippen LogP) is 4.69. The number of halogens is 1. The highest BCUT2D eigenvalue weighted by Crippen LogP contribution is 2.30. The Bertz CT molecular complexity index is 774. The molecule has 102 valence electrons. The third kappa shape index (κ3) is 4.03. The average molecular weight is 299 g/mol. The van der Waals surface area contributed by atoms with Crippen molar-refractivity contribution in [3.05, 3.63) is 47.5 Å². The molecule has 0 atom stereocenters. The Hall–Kier alpha value is -2.91. The van der Waals surface area contributed by atoms with Crippen molar-refractivity contribution in [2.75, 3.05) is 0 Å². The lowest BCUT2D eigenvalue weighted by Crippen LogP contribution is -1.69. The van der Waals surface area contributed by atoms with Crippen molar-refractivity contribution in [3.8, 4) is 0 Å². The van der Waals surface area contributed by atoms with Gasteiger partial charge >= 0.3 is 0 Å². The molecule has 0 amide bonds. The first-order chi connectivity index (χ1) is 10.2. The van der Waals surface area contributed by atoms with Crippen LogP contribution < -0.4 is 0 Å². The first-order valence-electron chi connectivity index (χ1n) is 5.70. The smallest absolute Gasteiger partial charge is 0.211 e. The molecule has 2 aromatic rings. The molecule has 0 aliphatic carbocycles. The number of benzene rings is 2. The van der Waals surface area contributed by atoms with Crippen LogP contribution in [-0.2, 0) is 9.59 Å². The van der Waals surface area contributed by atoms with Gasteiger partial charge in [0, 0.05) is 0 Å². The fourth-order valence-corrected chi connectivity index (χ4v) is 1.62. The van der Waals surface area contributed by atoms with Gasteiger partial charge in [0.25, 0.3) is 0 Å². The summed E-state index contributed by atoms with van der Waals surface area (Å²) in [5, 5.41) is 8.34. The number of azo groups is 1.